The first-order chi connectivity index (χ1) is 6.53. The van der Waals surface area contributed by atoms with Crippen LogP contribution in [0.1, 0.15) is 52.9 Å². The highest BCUT2D eigenvalue weighted by Crippen LogP contribution is 2.33. The van der Waals surface area contributed by atoms with E-state index in [9.17, 15) is 0 Å². The van der Waals surface area contributed by atoms with Gasteiger partial charge in [-0.2, -0.15) is 5.26 Å². The Morgan fingerprint density at radius 3 is 2.71 bits per heavy atom. The van der Waals surface area contributed by atoms with Crippen LogP contribution >= 0.6 is 0 Å². The molecule has 1 rings (SSSR count). The first kappa shape index (κ1) is 11.5. The first-order valence-corrected chi connectivity index (χ1v) is 5.69. The van der Waals surface area contributed by atoms with E-state index in [1.54, 1.807) is 0 Å². The van der Waals surface area contributed by atoms with Crippen molar-refractivity contribution in [1.29, 1.82) is 5.26 Å². The Balaban J connectivity index is 2.39. The van der Waals surface area contributed by atoms with Crippen LogP contribution < -0.4 is 5.32 Å². The van der Waals surface area contributed by atoms with Gasteiger partial charge in [0.2, 0.25) is 0 Å². The van der Waals surface area contributed by atoms with E-state index in [4.69, 9.17) is 5.26 Å². The van der Waals surface area contributed by atoms with Crippen LogP contribution in [-0.4, -0.2) is 12.1 Å². The lowest BCUT2D eigenvalue weighted by molar-refractivity contribution is 0.309. The molecule has 14 heavy (non-hydrogen) atoms. The molecule has 2 heteroatoms. The quantitative estimate of drug-likeness (QED) is 0.686. The molecule has 1 fully saturated rings. The van der Waals surface area contributed by atoms with Gasteiger partial charge in [-0.15, -0.1) is 0 Å². The number of hydrogen-bond acceptors (Lipinski definition) is 2. The second-order valence-electron chi connectivity index (χ2n) is 5.31. The summed E-state index contributed by atoms with van der Waals surface area (Å²) in [5.41, 5.74) is 0.506. The second-order valence-corrected chi connectivity index (χ2v) is 5.31. The Kier molecular flexibility index (Phi) is 3.95. The maximum Gasteiger partial charge on any atom is 0.0926 e. The summed E-state index contributed by atoms with van der Waals surface area (Å²) in [6.45, 7) is 6.64. The average molecular weight is 194 g/mol. The molecule has 0 bridgehead atoms. The van der Waals surface area contributed by atoms with Gasteiger partial charge < -0.3 is 0 Å². The van der Waals surface area contributed by atoms with Crippen LogP contribution in [0, 0.1) is 16.7 Å². The molecule has 0 aliphatic heterocycles. The smallest absolute Gasteiger partial charge is 0.0926 e. The van der Waals surface area contributed by atoms with Crippen molar-refractivity contribution in [3.63, 3.8) is 0 Å². The van der Waals surface area contributed by atoms with Crippen LogP contribution in [0.25, 0.3) is 0 Å². The molecule has 1 aliphatic rings. The Bertz CT molecular complexity index is 215. The van der Waals surface area contributed by atoms with Crippen LogP contribution in [-0.2, 0) is 0 Å². The molecule has 80 valence electrons. The fourth-order valence-electron chi connectivity index (χ4n) is 2.22. The Morgan fingerprint density at radius 2 is 2.07 bits per heavy atom. The lowest BCUT2D eigenvalue weighted by Crippen LogP contribution is -2.35. The summed E-state index contributed by atoms with van der Waals surface area (Å²) < 4.78 is 0. The molecule has 2 unspecified atom stereocenters. The zero-order valence-electron chi connectivity index (χ0n) is 9.64. The molecule has 2 atom stereocenters. The maximum absolute atomic E-state index is 8.73. The highest BCUT2D eigenvalue weighted by Gasteiger charge is 2.24. The summed E-state index contributed by atoms with van der Waals surface area (Å²) in [5, 5.41) is 12.1. The molecule has 0 heterocycles. The van der Waals surface area contributed by atoms with E-state index in [0.717, 1.165) is 0 Å². The fraction of sp³-hybridized carbons (Fsp3) is 0.917. The molecule has 0 amide bonds. The van der Waals surface area contributed by atoms with Gasteiger partial charge in [0.05, 0.1) is 12.1 Å². The molecule has 1 N–H and O–H groups in total. The summed E-state index contributed by atoms with van der Waals surface area (Å²) in [5.74, 6) is 0. The zero-order chi connectivity index (χ0) is 10.6. The molecular formula is C12H22N2. The molecule has 0 saturated heterocycles. The van der Waals surface area contributed by atoms with Gasteiger partial charge in [0.1, 0.15) is 0 Å². The third kappa shape index (κ3) is 3.67. The van der Waals surface area contributed by atoms with Crippen molar-refractivity contribution < 1.29 is 0 Å². The highest BCUT2D eigenvalue weighted by molar-refractivity contribution is 4.89. The van der Waals surface area contributed by atoms with Crippen molar-refractivity contribution in [2.24, 2.45) is 5.41 Å². The van der Waals surface area contributed by atoms with Crippen LogP contribution in [0.2, 0.25) is 0 Å². The van der Waals surface area contributed by atoms with E-state index in [1.807, 2.05) is 6.92 Å². The summed E-state index contributed by atoms with van der Waals surface area (Å²) in [4.78, 5) is 0. The van der Waals surface area contributed by atoms with Crippen LogP contribution in [0.15, 0.2) is 0 Å². The number of rotatable bonds is 2. The average Bonchev–Trinajstić information content (AvgIpc) is 2.28. The van der Waals surface area contributed by atoms with Gasteiger partial charge in [-0.25, -0.2) is 0 Å². The topological polar surface area (TPSA) is 35.8 Å². The molecule has 0 spiro atoms. The molecule has 0 radical (unpaired) electrons. The molecular weight excluding hydrogens is 172 g/mol. The first-order valence-electron chi connectivity index (χ1n) is 5.69. The van der Waals surface area contributed by atoms with Gasteiger partial charge in [-0.05, 0) is 38.0 Å². The lowest BCUT2D eigenvalue weighted by atomic mass is 9.85. The molecule has 1 aliphatic carbocycles. The minimum atomic E-state index is 0.00112. The van der Waals surface area contributed by atoms with Crippen molar-refractivity contribution in [2.45, 2.75) is 65.0 Å². The van der Waals surface area contributed by atoms with Gasteiger partial charge in [0, 0.05) is 6.04 Å². The van der Waals surface area contributed by atoms with E-state index in [-0.39, 0.29) is 6.04 Å². The highest BCUT2D eigenvalue weighted by atomic mass is 14.9. The third-order valence-electron chi connectivity index (χ3n) is 3.26. The predicted molar refractivity (Wildman–Crippen MR) is 58.9 cm³/mol. The summed E-state index contributed by atoms with van der Waals surface area (Å²) in [7, 11) is 0. The van der Waals surface area contributed by atoms with Crippen molar-refractivity contribution in [3.05, 3.63) is 0 Å². The van der Waals surface area contributed by atoms with Crippen LogP contribution in [0.3, 0.4) is 0 Å². The van der Waals surface area contributed by atoms with E-state index in [1.165, 1.54) is 32.1 Å². The van der Waals surface area contributed by atoms with Crippen molar-refractivity contribution in [1.82, 2.24) is 5.32 Å². The van der Waals surface area contributed by atoms with Gasteiger partial charge in [0.15, 0.2) is 0 Å². The molecule has 0 aromatic carbocycles. The lowest BCUT2D eigenvalue weighted by Gasteiger charge is -2.22. The third-order valence-corrected chi connectivity index (χ3v) is 3.26. The largest absolute Gasteiger partial charge is 0.299 e. The number of nitriles is 1. The Labute approximate surface area is 87.7 Å². The van der Waals surface area contributed by atoms with E-state index >= 15 is 0 Å². The Morgan fingerprint density at radius 1 is 1.36 bits per heavy atom. The van der Waals surface area contributed by atoms with Gasteiger partial charge in [-0.1, -0.05) is 20.3 Å². The minimum Gasteiger partial charge on any atom is -0.299 e. The molecule has 2 nitrogen and oxygen atoms in total. The Hall–Kier alpha value is -0.550. The van der Waals surface area contributed by atoms with E-state index in [0.29, 0.717) is 11.5 Å². The van der Waals surface area contributed by atoms with Crippen molar-refractivity contribution in [3.8, 4) is 6.07 Å². The standard InChI is InChI=1S/C12H22N2/c1-10(9-13)14-11-5-4-7-12(2,3)8-6-11/h10-11,14H,4-8H2,1-3H3. The summed E-state index contributed by atoms with van der Waals surface area (Å²) in [6, 6.07) is 2.80. The fourth-order valence-corrected chi connectivity index (χ4v) is 2.22. The van der Waals surface area contributed by atoms with Gasteiger partial charge in [-0.3, -0.25) is 5.32 Å². The number of nitrogens with zero attached hydrogens (tertiary/aromatic N) is 1. The van der Waals surface area contributed by atoms with Gasteiger partial charge in [0.25, 0.3) is 0 Å². The molecule has 0 aromatic rings. The minimum absolute atomic E-state index is 0.00112. The van der Waals surface area contributed by atoms with Crippen molar-refractivity contribution >= 4 is 0 Å². The number of hydrogen-bond donors (Lipinski definition) is 1. The predicted octanol–water partition coefficient (Wildman–Crippen LogP) is 2.85. The van der Waals surface area contributed by atoms with E-state index in [2.05, 4.69) is 25.2 Å². The SMILES string of the molecule is CC(C#N)NC1CCCC(C)(C)CC1. The molecule has 0 aromatic heterocycles. The maximum atomic E-state index is 8.73. The van der Waals surface area contributed by atoms with Crippen molar-refractivity contribution in [2.75, 3.05) is 0 Å². The summed E-state index contributed by atoms with van der Waals surface area (Å²) in [6.07, 6.45) is 6.35. The monoisotopic (exact) mass is 194 g/mol. The van der Waals surface area contributed by atoms with Gasteiger partial charge >= 0.3 is 0 Å². The van der Waals surface area contributed by atoms with Crippen LogP contribution in [0.4, 0.5) is 0 Å². The number of nitrogens with one attached hydrogen (secondary N) is 1. The van der Waals surface area contributed by atoms with E-state index < -0.39 is 0 Å². The summed E-state index contributed by atoms with van der Waals surface area (Å²) >= 11 is 0. The zero-order valence-corrected chi connectivity index (χ0v) is 9.64. The molecule has 1 saturated carbocycles. The second kappa shape index (κ2) is 4.79. The van der Waals surface area contributed by atoms with Crippen LogP contribution in [0.5, 0.6) is 0 Å². The normalized spacial score (nSPS) is 28.9.